The Labute approximate surface area is 98.5 Å². The number of epoxide rings is 1. The molecule has 3 heteroatoms. The number of ether oxygens (including phenoxy) is 2. The number of hydrogen-bond acceptors (Lipinski definition) is 3. The molecular weight excluding hydrogens is 204 g/mol. The van der Waals surface area contributed by atoms with Gasteiger partial charge in [0.1, 0.15) is 0 Å². The lowest BCUT2D eigenvalue weighted by atomic mass is 9.87. The van der Waals surface area contributed by atoms with E-state index in [0.29, 0.717) is 24.5 Å². The van der Waals surface area contributed by atoms with Crippen molar-refractivity contribution in [2.45, 2.75) is 59.7 Å². The molecule has 3 unspecified atom stereocenters. The molecule has 0 aromatic rings. The molecule has 0 aliphatic carbocycles. The van der Waals surface area contributed by atoms with Crippen LogP contribution in [0.2, 0.25) is 0 Å². The lowest BCUT2D eigenvalue weighted by molar-refractivity contribution is -0.144. The molecule has 3 nitrogen and oxygen atoms in total. The highest BCUT2D eigenvalue weighted by Crippen LogP contribution is 2.39. The molecule has 0 aromatic heterocycles. The van der Waals surface area contributed by atoms with E-state index in [9.17, 15) is 4.79 Å². The zero-order valence-corrected chi connectivity index (χ0v) is 11.1. The maximum absolute atomic E-state index is 11.3. The molecule has 1 saturated heterocycles. The Balaban J connectivity index is 2.26. The zero-order valence-electron chi connectivity index (χ0n) is 11.1. The first kappa shape index (κ1) is 13.5. The van der Waals surface area contributed by atoms with E-state index in [0.717, 1.165) is 6.42 Å². The van der Waals surface area contributed by atoms with Crippen molar-refractivity contribution in [1.29, 1.82) is 0 Å². The number of esters is 1. The number of rotatable bonds is 5. The molecule has 0 N–H and O–H groups in total. The van der Waals surface area contributed by atoms with E-state index in [-0.39, 0.29) is 18.0 Å². The van der Waals surface area contributed by atoms with Crippen molar-refractivity contribution in [3.63, 3.8) is 0 Å². The van der Waals surface area contributed by atoms with Crippen LogP contribution in [0.25, 0.3) is 0 Å². The minimum atomic E-state index is -0.111. The second-order valence-corrected chi connectivity index (χ2v) is 5.89. The van der Waals surface area contributed by atoms with E-state index < -0.39 is 0 Å². The summed E-state index contributed by atoms with van der Waals surface area (Å²) in [7, 11) is 0. The van der Waals surface area contributed by atoms with Crippen LogP contribution < -0.4 is 0 Å². The summed E-state index contributed by atoms with van der Waals surface area (Å²) in [4.78, 5) is 11.3. The average molecular weight is 228 g/mol. The largest absolute Gasteiger partial charge is 0.466 e. The maximum atomic E-state index is 11.3. The molecule has 0 spiro atoms. The number of carbonyl (C=O) groups is 1. The monoisotopic (exact) mass is 228 g/mol. The van der Waals surface area contributed by atoms with Crippen molar-refractivity contribution in [2.24, 2.45) is 11.3 Å². The molecule has 0 radical (unpaired) electrons. The summed E-state index contributed by atoms with van der Waals surface area (Å²) < 4.78 is 10.6. The van der Waals surface area contributed by atoms with Gasteiger partial charge in [-0.2, -0.15) is 0 Å². The van der Waals surface area contributed by atoms with Gasteiger partial charge in [-0.15, -0.1) is 0 Å². The minimum absolute atomic E-state index is 0.111. The van der Waals surface area contributed by atoms with E-state index >= 15 is 0 Å². The molecule has 1 aliphatic heterocycles. The predicted molar refractivity (Wildman–Crippen MR) is 63.1 cm³/mol. The summed E-state index contributed by atoms with van der Waals surface area (Å²) in [6.07, 6.45) is 2.12. The highest BCUT2D eigenvalue weighted by molar-refractivity contribution is 5.69. The van der Waals surface area contributed by atoms with Gasteiger partial charge >= 0.3 is 5.97 Å². The molecule has 0 bridgehead atoms. The topological polar surface area (TPSA) is 38.8 Å². The Kier molecular flexibility index (Phi) is 4.36. The Morgan fingerprint density at radius 2 is 2.06 bits per heavy atom. The Hall–Kier alpha value is -0.570. The molecule has 94 valence electrons. The first-order chi connectivity index (χ1) is 7.33. The van der Waals surface area contributed by atoms with Crippen LogP contribution in [0.3, 0.4) is 0 Å². The SMILES string of the molecule is CCOC(=O)CC(C)C1OC1CC(C)(C)C. The summed E-state index contributed by atoms with van der Waals surface area (Å²) >= 11 is 0. The molecule has 1 fully saturated rings. The van der Waals surface area contributed by atoms with Crippen LogP contribution in [0.1, 0.15) is 47.5 Å². The van der Waals surface area contributed by atoms with E-state index in [2.05, 4.69) is 27.7 Å². The highest BCUT2D eigenvalue weighted by atomic mass is 16.6. The van der Waals surface area contributed by atoms with Gasteiger partial charge in [0.25, 0.3) is 0 Å². The summed E-state index contributed by atoms with van der Waals surface area (Å²) in [5.41, 5.74) is 0.295. The summed E-state index contributed by atoms with van der Waals surface area (Å²) in [6, 6.07) is 0. The quantitative estimate of drug-likeness (QED) is 0.536. The Bertz CT molecular complexity index is 242. The number of carbonyl (C=O) groups excluding carboxylic acids is 1. The predicted octanol–water partition coefficient (Wildman–Crippen LogP) is 2.78. The Morgan fingerprint density at radius 3 is 2.56 bits per heavy atom. The van der Waals surface area contributed by atoms with Crippen LogP contribution in [0, 0.1) is 11.3 Å². The van der Waals surface area contributed by atoms with Crippen molar-refractivity contribution < 1.29 is 14.3 Å². The molecule has 0 amide bonds. The van der Waals surface area contributed by atoms with Gasteiger partial charge in [0, 0.05) is 0 Å². The third-order valence-electron chi connectivity index (χ3n) is 2.79. The normalized spacial score (nSPS) is 26.3. The summed E-state index contributed by atoms with van der Waals surface area (Å²) in [6.45, 7) is 11.0. The summed E-state index contributed by atoms with van der Waals surface area (Å²) in [5, 5.41) is 0. The second kappa shape index (κ2) is 5.17. The molecule has 1 aliphatic rings. The average Bonchev–Trinajstić information content (AvgIpc) is 2.80. The lowest BCUT2D eigenvalue weighted by Crippen LogP contribution is -2.17. The highest BCUT2D eigenvalue weighted by Gasteiger charge is 2.45. The smallest absolute Gasteiger partial charge is 0.306 e. The van der Waals surface area contributed by atoms with E-state index in [4.69, 9.17) is 9.47 Å². The van der Waals surface area contributed by atoms with Crippen LogP contribution >= 0.6 is 0 Å². The van der Waals surface area contributed by atoms with Gasteiger partial charge in [-0.3, -0.25) is 4.79 Å². The van der Waals surface area contributed by atoms with Crippen molar-refractivity contribution >= 4 is 5.97 Å². The fourth-order valence-corrected chi connectivity index (χ4v) is 2.02. The third-order valence-corrected chi connectivity index (χ3v) is 2.79. The number of hydrogen-bond donors (Lipinski definition) is 0. The first-order valence-electron chi connectivity index (χ1n) is 6.14. The molecule has 0 saturated carbocycles. The van der Waals surface area contributed by atoms with Gasteiger partial charge in [-0.05, 0) is 24.7 Å². The van der Waals surface area contributed by atoms with Crippen molar-refractivity contribution in [3.05, 3.63) is 0 Å². The van der Waals surface area contributed by atoms with Crippen molar-refractivity contribution in [1.82, 2.24) is 0 Å². The minimum Gasteiger partial charge on any atom is -0.466 e. The van der Waals surface area contributed by atoms with E-state index in [1.165, 1.54) is 0 Å². The van der Waals surface area contributed by atoms with Crippen LogP contribution in [-0.2, 0) is 14.3 Å². The third kappa shape index (κ3) is 4.52. The van der Waals surface area contributed by atoms with Gasteiger partial charge < -0.3 is 9.47 Å². The fraction of sp³-hybridized carbons (Fsp3) is 0.923. The van der Waals surface area contributed by atoms with Gasteiger partial charge in [-0.1, -0.05) is 27.7 Å². The molecule has 16 heavy (non-hydrogen) atoms. The molecule has 1 heterocycles. The molecular formula is C13H24O3. The van der Waals surface area contributed by atoms with Gasteiger partial charge in [0.05, 0.1) is 25.2 Å². The van der Waals surface area contributed by atoms with Gasteiger partial charge in [0.2, 0.25) is 0 Å². The Morgan fingerprint density at radius 1 is 1.44 bits per heavy atom. The van der Waals surface area contributed by atoms with E-state index in [1.54, 1.807) is 0 Å². The molecule has 1 rings (SSSR count). The van der Waals surface area contributed by atoms with Crippen molar-refractivity contribution in [2.75, 3.05) is 6.61 Å². The van der Waals surface area contributed by atoms with Crippen LogP contribution in [0.5, 0.6) is 0 Å². The fourth-order valence-electron chi connectivity index (χ4n) is 2.02. The van der Waals surface area contributed by atoms with Crippen LogP contribution in [-0.4, -0.2) is 24.8 Å². The molecule has 0 aromatic carbocycles. The standard InChI is InChI=1S/C13H24O3/c1-6-15-11(14)7-9(2)12-10(16-12)8-13(3,4)5/h9-10,12H,6-8H2,1-5H3. The maximum Gasteiger partial charge on any atom is 0.306 e. The first-order valence-corrected chi connectivity index (χ1v) is 6.14. The van der Waals surface area contributed by atoms with Gasteiger partial charge in [-0.25, -0.2) is 0 Å². The zero-order chi connectivity index (χ0) is 12.3. The van der Waals surface area contributed by atoms with E-state index in [1.807, 2.05) is 6.92 Å². The van der Waals surface area contributed by atoms with Crippen LogP contribution in [0.15, 0.2) is 0 Å². The lowest BCUT2D eigenvalue weighted by Gasteiger charge is -2.16. The van der Waals surface area contributed by atoms with Crippen molar-refractivity contribution in [3.8, 4) is 0 Å². The molecule has 3 atom stereocenters. The second-order valence-electron chi connectivity index (χ2n) is 5.89. The summed E-state index contributed by atoms with van der Waals surface area (Å²) in [5.74, 6) is 0.159. The van der Waals surface area contributed by atoms with Crippen LogP contribution in [0.4, 0.5) is 0 Å². The van der Waals surface area contributed by atoms with Gasteiger partial charge in [0.15, 0.2) is 0 Å².